The van der Waals surface area contributed by atoms with E-state index in [2.05, 4.69) is 55.6 Å². The number of unbranched alkanes of at least 4 members (excludes halogenated alkanes) is 55. The Labute approximate surface area is 525 Å². The topological polar surface area (TPSA) is 95.9 Å². The van der Waals surface area contributed by atoms with Crippen LogP contribution >= 0.6 is 0 Å². The van der Waals surface area contributed by atoms with Crippen LogP contribution in [0.2, 0.25) is 0 Å². The molecule has 0 saturated carbocycles. The maximum absolute atomic E-state index is 12.6. The Balaban J connectivity index is 3.37. The molecule has 0 bridgehead atoms. The number of hydrogen-bond acceptors (Lipinski definition) is 5. The summed E-state index contributed by atoms with van der Waals surface area (Å²) in [6.45, 7) is 4.97. The summed E-state index contributed by atoms with van der Waals surface area (Å²) in [6.07, 6.45) is 95.0. The molecule has 0 aromatic heterocycles. The van der Waals surface area contributed by atoms with Crippen molar-refractivity contribution in [1.29, 1.82) is 0 Å². The summed E-state index contributed by atoms with van der Waals surface area (Å²) >= 11 is 0. The predicted octanol–water partition coefficient (Wildman–Crippen LogP) is 25.0. The Kier molecular flexibility index (Phi) is 71.9. The fourth-order valence-electron chi connectivity index (χ4n) is 12.1. The maximum Gasteiger partial charge on any atom is 0.305 e. The van der Waals surface area contributed by atoms with E-state index in [1.807, 2.05) is 0 Å². The van der Waals surface area contributed by atoms with Crippen LogP contribution in [0.5, 0.6) is 0 Å². The van der Waals surface area contributed by atoms with Gasteiger partial charge in [0.05, 0.1) is 25.4 Å². The molecule has 6 nitrogen and oxygen atoms in total. The molecule has 0 saturated heterocycles. The van der Waals surface area contributed by atoms with E-state index in [9.17, 15) is 19.8 Å². The SMILES string of the molecule is CCCCC/C=C\C/C=C\CCCCCCCCCC(=O)OCCCCCCCCCCCCCC/C=C\CCCCCCCCCCCCCCCC(=O)NC(CO)C(O)CCCCCCCCCCCCCCCCCCCCCCC. The van der Waals surface area contributed by atoms with Gasteiger partial charge in [-0.15, -0.1) is 0 Å². The first-order valence-electron chi connectivity index (χ1n) is 38.2. The van der Waals surface area contributed by atoms with Gasteiger partial charge in [-0.3, -0.25) is 9.59 Å². The van der Waals surface area contributed by atoms with Gasteiger partial charge in [0.2, 0.25) is 5.91 Å². The minimum atomic E-state index is -0.665. The van der Waals surface area contributed by atoms with E-state index < -0.39 is 12.1 Å². The normalized spacial score (nSPS) is 12.7. The minimum Gasteiger partial charge on any atom is -0.466 e. The van der Waals surface area contributed by atoms with Crippen LogP contribution < -0.4 is 5.32 Å². The van der Waals surface area contributed by atoms with E-state index in [-0.39, 0.29) is 18.5 Å². The van der Waals surface area contributed by atoms with Crippen LogP contribution in [0.1, 0.15) is 425 Å². The highest BCUT2D eigenvalue weighted by Crippen LogP contribution is 2.19. The second-order valence-corrected chi connectivity index (χ2v) is 26.3. The van der Waals surface area contributed by atoms with Crippen LogP contribution in [-0.2, 0) is 14.3 Å². The van der Waals surface area contributed by atoms with E-state index in [1.54, 1.807) is 0 Å². The van der Waals surface area contributed by atoms with Gasteiger partial charge in [0, 0.05) is 12.8 Å². The van der Waals surface area contributed by atoms with Gasteiger partial charge < -0.3 is 20.3 Å². The van der Waals surface area contributed by atoms with E-state index >= 15 is 0 Å². The lowest BCUT2D eigenvalue weighted by Crippen LogP contribution is -2.45. The van der Waals surface area contributed by atoms with E-state index in [1.165, 1.54) is 340 Å². The van der Waals surface area contributed by atoms with Crippen LogP contribution in [0.25, 0.3) is 0 Å². The Morgan fingerprint density at radius 3 is 0.940 bits per heavy atom. The highest BCUT2D eigenvalue weighted by atomic mass is 16.5. The van der Waals surface area contributed by atoms with Gasteiger partial charge in [-0.05, 0) is 83.5 Å². The molecule has 6 heteroatoms. The van der Waals surface area contributed by atoms with Gasteiger partial charge in [0.25, 0.3) is 0 Å². The summed E-state index contributed by atoms with van der Waals surface area (Å²) < 4.78 is 5.50. The maximum atomic E-state index is 12.6. The number of esters is 1. The first kappa shape index (κ1) is 82.1. The predicted molar refractivity (Wildman–Crippen MR) is 370 cm³/mol. The smallest absolute Gasteiger partial charge is 0.305 e. The quantitative estimate of drug-likeness (QED) is 0.0320. The van der Waals surface area contributed by atoms with E-state index in [0.29, 0.717) is 25.9 Å². The van der Waals surface area contributed by atoms with Crippen LogP contribution in [0, 0.1) is 0 Å². The van der Waals surface area contributed by atoms with Crippen LogP contribution in [-0.4, -0.2) is 47.4 Å². The van der Waals surface area contributed by atoms with Gasteiger partial charge in [0.1, 0.15) is 0 Å². The third-order valence-electron chi connectivity index (χ3n) is 17.9. The number of ether oxygens (including phenoxy) is 1. The molecule has 0 fully saturated rings. The number of carbonyl (C=O) groups excluding carboxylic acids is 2. The molecule has 84 heavy (non-hydrogen) atoms. The van der Waals surface area contributed by atoms with Crippen LogP contribution in [0.15, 0.2) is 36.5 Å². The van der Waals surface area contributed by atoms with Gasteiger partial charge in [-0.25, -0.2) is 0 Å². The second kappa shape index (κ2) is 73.5. The summed E-state index contributed by atoms with van der Waals surface area (Å²) in [6, 6.07) is -0.542. The fraction of sp³-hybridized carbons (Fsp3) is 0.897. The van der Waals surface area contributed by atoms with Gasteiger partial charge >= 0.3 is 5.97 Å². The molecule has 0 aliphatic heterocycles. The number of hydrogen-bond donors (Lipinski definition) is 3. The largest absolute Gasteiger partial charge is 0.466 e. The zero-order valence-corrected chi connectivity index (χ0v) is 56.9. The Bertz CT molecular complexity index is 1360. The van der Waals surface area contributed by atoms with Crippen molar-refractivity contribution < 1.29 is 24.5 Å². The lowest BCUT2D eigenvalue weighted by atomic mass is 10.0. The van der Waals surface area contributed by atoms with Crippen molar-refractivity contribution in [2.24, 2.45) is 0 Å². The first-order valence-corrected chi connectivity index (χ1v) is 38.2. The van der Waals surface area contributed by atoms with Crippen LogP contribution in [0.4, 0.5) is 0 Å². The summed E-state index contributed by atoms with van der Waals surface area (Å²) in [5.74, 6) is -0.0202. The average Bonchev–Trinajstić information content (AvgIpc) is 3.51. The molecule has 0 spiro atoms. The van der Waals surface area contributed by atoms with Crippen molar-refractivity contribution in [2.45, 2.75) is 437 Å². The lowest BCUT2D eigenvalue weighted by Gasteiger charge is -2.22. The van der Waals surface area contributed by atoms with Crippen LogP contribution in [0.3, 0.4) is 0 Å². The van der Waals surface area contributed by atoms with Crippen molar-refractivity contribution in [3.8, 4) is 0 Å². The van der Waals surface area contributed by atoms with Gasteiger partial charge in [0.15, 0.2) is 0 Å². The molecule has 0 aromatic rings. The molecular formula is C78H149NO5. The number of rotatable bonds is 72. The lowest BCUT2D eigenvalue weighted by molar-refractivity contribution is -0.143. The molecule has 0 aromatic carbocycles. The number of carbonyl (C=O) groups is 2. The summed E-state index contributed by atoms with van der Waals surface area (Å²) in [5, 5.41) is 23.4. The molecule has 2 unspecified atom stereocenters. The molecule has 3 N–H and O–H groups in total. The Hall–Kier alpha value is -1.92. The average molecular weight is 1180 g/mol. The molecule has 1 amide bonds. The number of aliphatic hydroxyl groups excluding tert-OH is 2. The van der Waals surface area contributed by atoms with E-state index in [4.69, 9.17) is 4.74 Å². The Morgan fingerprint density at radius 1 is 0.333 bits per heavy atom. The monoisotopic (exact) mass is 1180 g/mol. The van der Waals surface area contributed by atoms with Crippen molar-refractivity contribution in [1.82, 2.24) is 5.32 Å². The fourth-order valence-corrected chi connectivity index (χ4v) is 12.1. The second-order valence-electron chi connectivity index (χ2n) is 26.3. The Morgan fingerprint density at radius 2 is 0.595 bits per heavy atom. The van der Waals surface area contributed by atoms with E-state index in [0.717, 1.165) is 51.4 Å². The molecule has 0 aliphatic carbocycles. The van der Waals surface area contributed by atoms with Crippen molar-refractivity contribution >= 4 is 11.9 Å². The molecule has 0 heterocycles. The number of amides is 1. The summed E-state index contributed by atoms with van der Waals surface area (Å²) in [5.41, 5.74) is 0. The zero-order valence-electron chi connectivity index (χ0n) is 56.9. The van der Waals surface area contributed by atoms with Gasteiger partial charge in [-0.2, -0.15) is 0 Å². The number of allylic oxidation sites excluding steroid dienone is 6. The highest BCUT2D eigenvalue weighted by molar-refractivity contribution is 5.76. The molecule has 2 atom stereocenters. The molecule has 0 radical (unpaired) electrons. The summed E-state index contributed by atoms with van der Waals surface area (Å²) in [7, 11) is 0. The minimum absolute atomic E-state index is 0.00944. The van der Waals surface area contributed by atoms with Gasteiger partial charge in [-0.1, -0.05) is 365 Å². The standard InChI is InChI=1S/C78H149NO5/c1-3-5-7-9-11-13-15-17-19-21-22-32-35-39-42-46-50-54-58-62-66-70-76(81)75(74-80)79-77(82)71-67-63-59-55-51-47-43-40-36-33-30-28-26-24-23-25-27-29-31-34-37-41-45-49-53-57-61-65-69-73-84-78(83)72-68-64-60-56-52-48-44-38-20-18-16-14-12-10-8-6-4-2/h12,14,18,20,23,25,75-76,80-81H,3-11,13,15-17,19,21-22,24,26-74H2,1-2H3,(H,79,82)/b14-12-,20-18-,25-23-. The first-order chi connectivity index (χ1) is 41.5. The zero-order chi connectivity index (χ0) is 60.6. The molecule has 0 rings (SSSR count). The third kappa shape index (κ3) is 69.2. The van der Waals surface area contributed by atoms with Crippen molar-refractivity contribution in [2.75, 3.05) is 13.2 Å². The van der Waals surface area contributed by atoms with Crippen molar-refractivity contribution in [3.05, 3.63) is 36.5 Å². The summed E-state index contributed by atoms with van der Waals surface area (Å²) in [4.78, 5) is 24.7. The number of aliphatic hydroxyl groups is 2. The van der Waals surface area contributed by atoms with Crippen molar-refractivity contribution in [3.63, 3.8) is 0 Å². The molecular weight excluding hydrogens is 1030 g/mol. The number of nitrogens with one attached hydrogen (secondary N) is 1. The highest BCUT2D eigenvalue weighted by Gasteiger charge is 2.20. The third-order valence-corrected chi connectivity index (χ3v) is 17.9. The molecule has 0 aliphatic rings. The molecule has 496 valence electrons.